The van der Waals surface area contributed by atoms with E-state index in [1.165, 1.54) is 19.3 Å². The van der Waals surface area contributed by atoms with Crippen molar-refractivity contribution in [3.05, 3.63) is 29.8 Å². The number of hydrogen-bond acceptors (Lipinski definition) is 5. The van der Waals surface area contributed by atoms with Crippen LogP contribution in [-0.4, -0.2) is 48.4 Å². The largest absolute Gasteiger partial charge is 0.492 e. The van der Waals surface area contributed by atoms with E-state index < -0.39 is 0 Å². The first-order valence-electron chi connectivity index (χ1n) is 9.67. The van der Waals surface area contributed by atoms with E-state index in [1.54, 1.807) is 19.1 Å². The highest BCUT2D eigenvalue weighted by atomic mass is 16.5. The van der Waals surface area contributed by atoms with Gasteiger partial charge in [0.05, 0.1) is 6.04 Å². The monoisotopic (exact) mass is 359 g/mol. The topological polar surface area (TPSA) is 70.7 Å². The molecule has 6 nitrogen and oxygen atoms in total. The Hall–Kier alpha value is -1.92. The van der Waals surface area contributed by atoms with Crippen molar-refractivity contribution in [3.63, 3.8) is 0 Å². The first kappa shape index (κ1) is 18.9. The van der Waals surface area contributed by atoms with Gasteiger partial charge in [-0.25, -0.2) is 5.43 Å². The summed E-state index contributed by atoms with van der Waals surface area (Å²) in [5.74, 6) is 0.897. The van der Waals surface area contributed by atoms with Crippen molar-refractivity contribution < 1.29 is 14.3 Å². The van der Waals surface area contributed by atoms with Crippen molar-refractivity contribution in [1.82, 2.24) is 15.8 Å². The normalized spacial score (nSPS) is 24.0. The maximum atomic E-state index is 12.7. The molecule has 2 saturated heterocycles. The van der Waals surface area contributed by atoms with Crippen molar-refractivity contribution in [2.45, 2.75) is 57.5 Å². The lowest BCUT2D eigenvalue weighted by Crippen LogP contribution is -2.46. The Morgan fingerprint density at radius 3 is 2.58 bits per heavy atom. The van der Waals surface area contributed by atoms with E-state index >= 15 is 0 Å². The minimum absolute atomic E-state index is 0.0232. The molecule has 0 radical (unpaired) electrons. The molecule has 142 valence electrons. The minimum atomic E-state index is -0.188. The molecule has 0 aliphatic carbocycles. The highest BCUT2D eigenvalue weighted by Crippen LogP contribution is 2.17. The number of ketones is 1. The van der Waals surface area contributed by atoms with Gasteiger partial charge < -0.3 is 9.64 Å². The van der Waals surface area contributed by atoms with E-state index in [1.807, 2.05) is 17.0 Å². The molecule has 0 spiro atoms. The third-order valence-corrected chi connectivity index (χ3v) is 5.14. The molecule has 2 N–H and O–H groups in total. The van der Waals surface area contributed by atoms with Crippen LogP contribution in [0.4, 0.5) is 0 Å². The highest BCUT2D eigenvalue weighted by molar-refractivity contribution is 5.94. The van der Waals surface area contributed by atoms with Gasteiger partial charge in [0, 0.05) is 18.7 Å². The number of amides is 1. The fourth-order valence-electron chi connectivity index (χ4n) is 3.58. The van der Waals surface area contributed by atoms with Gasteiger partial charge in [0.15, 0.2) is 5.78 Å². The molecular weight excluding hydrogens is 330 g/mol. The van der Waals surface area contributed by atoms with Gasteiger partial charge in [-0.1, -0.05) is 31.4 Å². The summed E-state index contributed by atoms with van der Waals surface area (Å²) in [6.07, 6.45) is 6.64. The van der Waals surface area contributed by atoms with E-state index in [0.29, 0.717) is 24.3 Å². The van der Waals surface area contributed by atoms with Crippen molar-refractivity contribution >= 4 is 11.7 Å². The molecule has 2 atom stereocenters. The van der Waals surface area contributed by atoms with Crippen LogP contribution in [0.1, 0.15) is 55.8 Å². The van der Waals surface area contributed by atoms with Gasteiger partial charge in [0.1, 0.15) is 18.4 Å². The zero-order valence-electron chi connectivity index (χ0n) is 15.5. The maximum Gasteiger partial charge on any atom is 0.241 e. The summed E-state index contributed by atoms with van der Waals surface area (Å²) in [7, 11) is 0. The molecule has 2 aliphatic rings. The standard InChI is InChI=1S/C20H29N3O3/c1-15(24)16-8-7-9-18(12-16)26-14-17-13-19(22-21-17)20(25)23-10-5-3-2-4-6-11-23/h7-9,12,17,19,21-22H,2-6,10-11,13-14H2,1H3. The summed E-state index contributed by atoms with van der Waals surface area (Å²) in [5.41, 5.74) is 6.95. The molecule has 0 bridgehead atoms. The molecule has 2 fully saturated rings. The molecular formula is C20H29N3O3. The Kier molecular flexibility index (Phi) is 6.63. The summed E-state index contributed by atoms with van der Waals surface area (Å²) in [6, 6.07) is 7.08. The third-order valence-electron chi connectivity index (χ3n) is 5.14. The smallest absolute Gasteiger partial charge is 0.241 e. The number of ether oxygens (including phenoxy) is 1. The summed E-state index contributed by atoms with van der Waals surface area (Å²) in [4.78, 5) is 26.2. The number of rotatable bonds is 5. The maximum absolute atomic E-state index is 12.7. The van der Waals surface area contributed by atoms with Crippen molar-refractivity contribution in [3.8, 4) is 5.75 Å². The number of likely N-dealkylation sites (tertiary alicyclic amines) is 1. The Bertz CT molecular complexity index is 626. The molecule has 1 amide bonds. The summed E-state index contributed by atoms with van der Waals surface area (Å²) in [6.45, 7) is 3.74. The van der Waals surface area contributed by atoms with Crippen molar-refractivity contribution in [2.75, 3.05) is 19.7 Å². The van der Waals surface area contributed by atoms with Crippen LogP contribution >= 0.6 is 0 Å². The van der Waals surface area contributed by atoms with E-state index in [2.05, 4.69) is 10.9 Å². The van der Waals surface area contributed by atoms with E-state index in [4.69, 9.17) is 4.74 Å². The summed E-state index contributed by atoms with van der Waals surface area (Å²) < 4.78 is 5.81. The third kappa shape index (κ3) is 5.05. The van der Waals surface area contributed by atoms with Gasteiger partial charge in [-0.15, -0.1) is 0 Å². The fourth-order valence-corrected chi connectivity index (χ4v) is 3.58. The van der Waals surface area contributed by atoms with Crippen LogP contribution in [0.5, 0.6) is 5.75 Å². The van der Waals surface area contributed by atoms with E-state index in [-0.39, 0.29) is 23.8 Å². The van der Waals surface area contributed by atoms with Crippen LogP contribution < -0.4 is 15.6 Å². The second-order valence-corrected chi connectivity index (χ2v) is 7.26. The first-order chi connectivity index (χ1) is 12.6. The average Bonchev–Trinajstić information content (AvgIpc) is 3.08. The van der Waals surface area contributed by atoms with Crippen LogP contribution in [0.2, 0.25) is 0 Å². The number of hydrazine groups is 1. The Balaban J connectivity index is 1.48. The predicted octanol–water partition coefficient (Wildman–Crippen LogP) is 2.30. The zero-order valence-corrected chi connectivity index (χ0v) is 15.5. The predicted molar refractivity (Wildman–Crippen MR) is 100 cm³/mol. The molecule has 2 unspecified atom stereocenters. The van der Waals surface area contributed by atoms with Crippen LogP contribution in [0, 0.1) is 0 Å². The van der Waals surface area contributed by atoms with Gasteiger partial charge in [-0.2, -0.15) is 0 Å². The first-order valence-corrected chi connectivity index (χ1v) is 9.67. The van der Waals surface area contributed by atoms with Crippen LogP contribution in [-0.2, 0) is 4.79 Å². The number of carbonyl (C=O) groups is 2. The fraction of sp³-hybridized carbons (Fsp3) is 0.600. The van der Waals surface area contributed by atoms with Gasteiger partial charge in [-0.3, -0.25) is 15.0 Å². The number of carbonyl (C=O) groups excluding carboxylic acids is 2. The van der Waals surface area contributed by atoms with Gasteiger partial charge in [0.25, 0.3) is 0 Å². The summed E-state index contributed by atoms with van der Waals surface area (Å²) in [5, 5.41) is 0. The lowest BCUT2D eigenvalue weighted by atomic mass is 10.1. The van der Waals surface area contributed by atoms with Gasteiger partial charge in [-0.05, 0) is 38.3 Å². The summed E-state index contributed by atoms with van der Waals surface area (Å²) >= 11 is 0. The quantitative estimate of drug-likeness (QED) is 0.790. The van der Waals surface area contributed by atoms with Crippen molar-refractivity contribution in [2.24, 2.45) is 0 Å². The number of nitrogens with zero attached hydrogens (tertiary/aromatic N) is 1. The number of hydrogen-bond donors (Lipinski definition) is 2. The van der Waals surface area contributed by atoms with Gasteiger partial charge in [0.2, 0.25) is 5.91 Å². The average molecular weight is 359 g/mol. The zero-order chi connectivity index (χ0) is 18.4. The molecule has 1 aromatic carbocycles. The lowest BCUT2D eigenvalue weighted by molar-refractivity contribution is -0.133. The molecule has 0 aromatic heterocycles. The molecule has 2 heterocycles. The number of benzene rings is 1. The van der Waals surface area contributed by atoms with Crippen LogP contribution in [0.25, 0.3) is 0 Å². The molecule has 6 heteroatoms. The minimum Gasteiger partial charge on any atom is -0.492 e. The molecule has 26 heavy (non-hydrogen) atoms. The van der Waals surface area contributed by atoms with E-state index in [9.17, 15) is 9.59 Å². The Morgan fingerprint density at radius 1 is 1.12 bits per heavy atom. The number of Topliss-reactive ketones (excluding diaryl/α,β-unsaturated/α-hetero) is 1. The highest BCUT2D eigenvalue weighted by Gasteiger charge is 2.32. The Morgan fingerprint density at radius 2 is 1.85 bits per heavy atom. The SMILES string of the molecule is CC(=O)c1cccc(OCC2CC(C(=O)N3CCCCCCC3)NN2)c1. The lowest BCUT2D eigenvalue weighted by Gasteiger charge is -2.27. The second-order valence-electron chi connectivity index (χ2n) is 7.26. The number of nitrogens with one attached hydrogen (secondary N) is 2. The van der Waals surface area contributed by atoms with Crippen molar-refractivity contribution in [1.29, 1.82) is 0 Å². The Labute approximate surface area is 155 Å². The molecule has 0 saturated carbocycles. The van der Waals surface area contributed by atoms with Crippen LogP contribution in [0.15, 0.2) is 24.3 Å². The van der Waals surface area contributed by atoms with E-state index in [0.717, 1.165) is 25.9 Å². The molecule has 1 aromatic rings. The van der Waals surface area contributed by atoms with Gasteiger partial charge >= 0.3 is 0 Å². The molecule has 3 rings (SSSR count). The molecule has 2 aliphatic heterocycles. The second kappa shape index (κ2) is 9.14. The van der Waals surface area contributed by atoms with Crippen LogP contribution in [0.3, 0.4) is 0 Å².